The number of para-hydroxylation sites is 1. The maximum atomic E-state index is 12.3. The summed E-state index contributed by atoms with van der Waals surface area (Å²) in [5, 5.41) is 4.78. The molecule has 10 heteroatoms. The summed E-state index contributed by atoms with van der Waals surface area (Å²) < 4.78 is 16.2. The summed E-state index contributed by atoms with van der Waals surface area (Å²) in [7, 11) is 0. The highest BCUT2D eigenvalue weighted by Crippen LogP contribution is 2.26. The number of aromatic nitrogens is 1. The highest BCUT2D eigenvalue weighted by atomic mass is 16.8. The van der Waals surface area contributed by atoms with Gasteiger partial charge in [0, 0.05) is 49.5 Å². The van der Waals surface area contributed by atoms with E-state index in [1.807, 2.05) is 30.3 Å². The molecule has 10 nitrogen and oxygen atoms in total. The van der Waals surface area contributed by atoms with Gasteiger partial charge < -0.3 is 24.5 Å². The highest BCUT2D eigenvalue weighted by Gasteiger charge is 2.41. The molecule has 4 rings (SSSR count). The number of H-pyrrole nitrogens is 1. The lowest BCUT2D eigenvalue weighted by Crippen LogP contribution is -2.52. The van der Waals surface area contributed by atoms with E-state index in [0.29, 0.717) is 0 Å². The molecule has 4 atom stereocenters. The van der Waals surface area contributed by atoms with Crippen molar-refractivity contribution < 1.29 is 33.4 Å². The normalized spacial score (nSPS) is 20.7. The fourth-order valence-corrected chi connectivity index (χ4v) is 4.95. The van der Waals surface area contributed by atoms with Gasteiger partial charge in [-0.3, -0.25) is 14.4 Å². The van der Waals surface area contributed by atoms with Gasteiger partial charge in [-0.1, -0.05) is 42.5 Å². The Hall–Kier alpha value is -3.99. The number of hydroxylamine groups is 1. The number of carbonyl (C=O) groups excluding carboxylic acids is 3. The van der Waals surface area contributed by atoms with Gasteiger partial charge >= 0.3 is 11.9 Å². The van der Waals surface area contributed by atoms with Gasteiger partial charge in [-0.15, -0.1) is 0 Å². The Bertz CT molecular complexity index is 1380. The second-order valence-corrected chi connectivity index (χ2v) is 10.1. The summed E-state index contributed by atoms with van der Waals surface area (Å²) in [6.45, 7) is 7.92. The molecule has 0 spiro atoms. The number of esters is 2. The maximum Gasteiger partial charge on any atom is 0.303 e. The third-order valence-electron chi connectivity index (χ3n) is 6.85. The molecule has 0 bridgehead atoms. The minimum Gasteiger partial charge on any atom is -0.458 e. The van der Waals surface area contributed by atoms with Crippen molar-refractivity contribution in [3.8, 4) is 0 Å². The number of rotatable bonds is 11. The van der Waals surface area contributed by atoms with Crippen LogP contribution < -0.4 is 10.8 Å². The minimum atomic E-state index is -0.884. The lowest BCUT2D eigenvalue weighted by molar-refractivity contribution is -0.268. The Morgan fingerprint density at radius 2 is 1.78 bits per heavy atom. The third-order valence-corrected chi connectivity index (χ3v) is 6.85. The molecule has 4 unspecified atom stereocenters. The molecule has 1 saturated heterocycles. The van der Waals surface area contributed by atoms with Gasteiger partial charge in [0.25, 0.3) is 5.91 Å². The number of benzene rings is 2. The summed E-state index contributed by atoms with van der Waals surface area (Å²) in [5.74, 6) is -1.51. The lowest BCUT2D eigenvalue weighted by Gasteiger charge is -2.38. The van der Waals surface area contributed by atoms with E-state index in [2.05, 4.69) is 40.9 Å². The van der Waals surface area contributed by atoms with E-state index in [1.54, 1.807) is 13.0 Å². The van der Waals surface area contributed by atoms with Gasteiger partial charge in [-0.25, -0.2) is 10.3 Å². The SMILES string of the molecule is CC(=O)OC1CC(ONC(=O)/C=C/c2ccc(CNCCc3c(C)[nH]c4ccccc34)cc2)OC(C)C1OC(C)=O. The van der Waals surface area contributed by atoms with Crippen LogP contribution in [0.15, 0.2) is 54.6 Å². The van der Waals surface area contributed by atoms with Gasteiger partial charge in [-0.05, 0) is 55.6 Å². The molecular formula is C31H37N3O7. The Morgan fingerprint density at radius 3 is 2.51 bits per heavy atom. The Morgan fingerprint density at radius 1 is 1.05 bits per heavy atom. The number of hydrogen-bond acceptors (Lipinski definition) is 8. The minimum absolute atomic E-state index is 0.0861. The zero-order valence-electron chi connectivity index (χ0n) is 23.8. The van der Waals surface area contributed by atoms with Crippen molar-refractivity contribution in [2.75, 3.05) is 6.54 Å². The highest BCUT2D eigenvalue weighted by molar-refractivity contribution is 5.91. The Kier molecular flexibility index (Phi) is 10.3. The molecule has 0 radical (unpaired) electrons. The zero-order valence-corrected chi connectivity index (χ0v) is 23.8. The molecule has 218 valence electrons. The number of nitrogens with one attached hydrogen (secondary N) is 3. The zero-order chi connectivity index (χ0) is 29.4. The van der Waals surface area contributed by atoms with Crippen LogP contribution in [0.25, 0.3) is 17.0 Å². The molecule has 2 aromatic carbocycles. The second kappa shape index (κ2) is 14.1. The number of amides is 1. The number of fused-ring (bicyclic) bond motifs is 1. The first-order valence-corrected chi connectivity index (χ1v) is 13.7. The molecule has 3 aromatic rings. The molecular weight excluding hydrogens is 526 g/mol. The monoisotopic (exact) mass is 563 g/mol. The quantitative estimate of drug-likeness (QED) is 0.139. The van der Waals surface area contributed by atoms with Crippen LogP contribution in [0.4, 0.5) is 0 Å². The van der Waals surface area contributed by atoms with Crippen LogP contribution in [0.3, 0.4) is 0 Å². The number of carbonyl (C=O) groups is 3. The van der Waals surface area contributed by atoms with Gasteiger partial charge in [0.1, 0.15) is 6.10 Å². The summed E-state index contributed by atoms with van der Waals surface area (Å²) in [6.07, 6.45) is 1.04. The van der Waals surface area contributed by atoms with Crippen molar-refractivity contribution in [1.29, 1.82) is 0 Å². The number of aryl methyl sites for hydroxylation is 1. The standard InChI is InChI=1S/C31H37N3O7/c1-19-25(26-7-5-6-8-27(26)33-19)15-16-32-18-24-11-9-23(10-12-24)13-14-29(37)34-41-30-17-28(39-21(3)35)31(20(2)38-30)40-22(4)36/h5-14,20,28,30-33H,15-18H2,1-4H3,(H,34,37)/b14-13+. The van der Waals surface area contributed by atoms with Crippen LogP contribution in [-0.2, 0) is 46.4 Å². The molecule has 1 aromatic heterocycles. The van der Waals surface area contributed by atoms with Gasteiger partial charge in [0.05, 0.1) is 6.10 Å². The lowest BCUT2D eigenvalue weighted by atomic mass is 10.0. The van der Waals surface area contributed by atoms with Crippen molar-refractivity contribution in [2.24, 2.45) is 0 Å². The van der Waals surface area contributed by atoms with E-state index in [1.165, 1.54) is 42.1 Å². The van der Waals surface area contributed by atoms with E-state index in [4.69, 9.17) is 19.0 Å². The summed E-state index contributed by atoms with van der Waals surface area (Å²) in [4.78, 5) is 44.1. The van der Waals surface area contributed by atoms with Crippen LogP contribution >= 0.6 is 0 Å². The number of hydrogen-bond donors (Lipinski definition) is 3. The fraction of sp³-hybridized carbons (Fsp3) is 0.387. The smallest absolute Gasteiger partial charge is 0.303 e. The molecule has 3 N–H and O–H groups in total. The average Bonchev–Trinajstić information content (AvgIpc) is 3.25. The Labute approximate surface area is 239 Å². The first kappa shape index (κ1) is 30.0. The fourth-order valence-electron chi connectivity index (χ4n) is 4.95. The van der Waals surface area contributed by atoms with Crippen LogP contribution in [-0.4, -0.2) is 54.0 Å². The predicted octanol–water partition coefficient (Wildman–Crippen LogP) is 3.87. The van der Waals surface area contributed by atoms with Crippen molar-refractivity contribution in [2.45, 2.75) is 71.7 Å². The van der Waals surface area contributed by atoms with Gasteiger partial charge in [0.2, 0.25) is 0 Å². The Balaban J connectivity index is 1.20. The number of ether oxygens (including phenoxy) is 3. The van der Waals surface area contributed by atoms with Crippen LogP contribution in [0.1, 0.15) is 49.6 Å². The van der Waals surface area contributed by atoms with E-state index in [-0.39, 0.29) is 6.42 Å². The molecule has 0 aliphatic carbocycles. The molecule has 0 saturated carbocycles. The van der Waals surface area contributed by atoms with E-state index in [0.717, 1.165) is 30.6 Å². The first-order valence-electron chi connectivity index (χ1n) is 13.7. The van der Waals surface area contributed by atoms with E-state index in [9.17, 15) is 14.4 Å². The topological polar surface area (TPSA) is 128 Å². The van der Waals surface area contributed by atoms with Crippen LogP contribution in [0.5, 0.6) is 0 Å². The molecule has 1 fully saturated rings. The maximum absolute atomic E-state index is 12.3. The average molecular weight is 564 g/mol. The summed E-state index contributed by atoms with van der Waals surface area (Å²) in [5.41, 5.74) is 8.06. The van der Waals surface area contributed by atoms with Crippen LogP contribution in [0, 0.1) is 6.92 Å². The van der Waals surface area contributed by atoms with Crippen LogP contribution in [0.2, 0.25) is 0 Å². The molecule has 41 heavy (non-hydrogen) atoms. The van der Waals surface area contributed by atoms with Crippen molar-refractivity contribution in [3.05, 3.63) is 77.0 Å². The molecule has 2 heterocycles. The van der Waals surface area contributed by atoms with Gasteiger partial charge in [-0.2, -0.15) is 0 Å². The second-order valence-electron chi connectivity index (χ2n) is 10.1. The van der Waals surface area contributed by atoms with Crippen molar-refractivity contribution in [3.63, 3.8) is 0 Å². The van der Waals surface area contributed by atoms with E-state index >= 15 is 0 Å². The molecule has 1 aliphatic heterocycles. The van der Waals surface area contributed by atoms with Crippen molar-refractivity contribution in [1.82, 2.24) is 15.8 Å². The van der Waals surface area contributed by atoms with Gasteiger partial charge in [0.15, 0.2) is 12.4 Å². The predicted molar refractivity (Wildman–Crippen MR) is 153 cm³/mol. The van der Waals surface area contributed by atoms with Crippen molar-refractivity contribution >= 4 is 34.8 Å². The number of aromatic amines is 1. The largest absolute Gasteiger partial charge is 0.458 e. The molecule has 1 amide bonds. The first-order chi connectivity index (χ1) is 19.7. The molecule has 1 aliphatic rings. The summed E-state index contributed by atoms with van der Waals surface area (Å²) >= 11 is 0. The summed E-state index contributed by atoms with van der Waals surface area (Å²) in [6, 6.07) is 16.3. The van der Waals surface area contributed by atoms with E-state index < -0.39 is 42.4 Å². The third kappa shape index (κ3) is 8.50.